The molecule has 10 heteroatoms. The van der Waals surface area contributed by atoms with Gasteiger partial charge in [-0.15, -0.1) is 11.3 Å². The van der Waals surface area contributed by atoms with Gasteiger partial charge in [0.1, 0.15) is 23.3 Å². The highest BCUT2D eigenvalue weighted by atomic mass is 35.5. The molecule has 5 rings (SSSR count). The summed E-state index contributed by atoms with van der Waals surface area (Å²) in [5.41, 5.74) is 2.01. The second-order valence-corrected chi connectivity index (χ2v) is 11.1. The number of hydrogen-bond acceptors (Lipinski definition) is 8. The smallest absolute Gasteiger partial charge is 0.301 e. The number of rotatable bonds is 6. The molecule has 1 unspecified atom stereocenters. The normalized spacial score (nSPS) is 17.2. The topological polar surface area (TPSA) is 89.0 Å². The molecule has 0 spiro atoms. The van der Waals surface area contributed by atoms with Crippen LogP contribution in [0.15, 0.2) is 53.4 Å². The SMILES string of the molecule is COc1cc(OC)c(/C(O)=C2\C(=O)C(=O)N(c3nc4ccc(C(C)C)cc4s3)C2c2cccs2)cc1Cl. The second-order valence-electron chi connectivity index (χ2n) is 8.75. The van der Waals surface area contributed by atoms with Crippen LogP contribution in [0.4, 0.5) is 5.13 Å². The maximum absolute atomic E-state index is 13.5. The molecule has 1 amide bonds. The summed E-state index contributed by atoms with van der Waals surface area (Å²) in [7, 11) is 2.89. The molecule has 2 aromatic carbocycles. The van der Waals surface area contributed by atoms with Crippen LogP contribution >= 0.6 is 34.3 Å². The number of Topliss-reactive ketones (excluding diaryl/α,β-unsaturated/α-hetero) is 1. The van der Waals surface area contributed by atoms with Crippen LogP contribution < -0.4 is 14.4 Å². The molecule has 1 atom stereocenters. The minimum absolute atomic E-state index is 0.0610. The van der Waals surface area contributed by atoms with E-state index >= 15 is 0 Å². The number of fused-ring (bicyclic) bond motifs is 1. The van der Waals surface area contributed by atoms with Crippen LogP contribution in [0.5, 0.6) is 11.5 Å². The Morgan fingerprint density at radius 3 is 2.51 bits per heavy atom. The fourth-order valence-corrected chi connectivity index (χ4v) is 6.43. The molecular formula is C27H23ClN2O5S2. The summed E-state index contributed by atoms with van der Waals surface area (Å²) in [5.74, 6) is -1.03. The second kappa shape index (κ2) is 9.81. The van der Waals surface area contributed by atoms with Crippen molar-refractivity contribution >= 4 is 67.1 Å². The van der Waals surface area contributed by atoms with Crippen molar-refractivity contribution < 1.29 is 24.2 Å². The van der Waals surface area contributed by atoms with Crippen LogP contribution in [0.25, 0.3) is 16.0 Å². The number of carbonyl (C=O) groups is 2. The molecule has 1 fully saturated rings. The molecule has 0 saturated carbocycles. The molecule has 37 heavy (non-hydrogen) atoms. The third-order valence-corrected chi connectivity index (χ3v) is 8.50. The van der Waals surface area contributed by atoms with Gasteiger partial charge in [-0.2, -0.15) is 0 Å². The van der Waals surface area contributed by atoms with Crippen LogP contribution in [-0.4, -0.2) is 36.0 Å². The summed E-state index contributed by atoms with van der Waals surface area (Å²) in [6.45, 7) is 4.22. The molecule has 0 aliphatic carbocycles. The average Bonchev–Trinajstić information content (AvgIpc) is 3.61. The summed E-state index contributed by atoms with van der Waals surface area (Å²) in [4.78, 5) is 33.7. The lowest BCUT2D eigenvalue weighted by molar-refractivity contribution is -0.132. The predicted molar refractivity (Wildman–Crippen MR) is 147 cm³/mol. The first-order chi connectivity index (χ1) is 17.7. The van der Waals surface area contributed by atoms with Gasteiger partial charge < -0.3 is 14.6 Å². The minimum atomic E-state index is -0.865. The lowest BCUT2D eigenvalue weighted by Gasteiger charge is -2.21. The number of carbonyl (C=O) groups excluding carboxylic acids is 2. The van der Waals surface area contributed by atoms with Crippen molar-refractivity contribution in [3.8, 4) is 11.5 Å². The summed E-state index contributed by atoms with van der Waals surface area (Å²) >= 11 is 9.05. The molecule has 2 aromatic heterocycles. The number of aliphatic hydroxyl groups is 1. The molecule has 3 heterocycles. The van der Waals surface area contributed by atoms with Crippen molar-refractivity contribution in [3.05, 3.63) is 74.4 Å². The van der Waals surface area contributed by atoms with Gasteiger partial charge in [0.2, 0.25) is 0 Å². The quantitative estimate of drug-likeness (QED) is 0.160. The van der Waals surface area contributed by atoms with E-state index in [9.17, 15) is 14.7 Å². The number of amides is 1. The van der Waals surface area contributed by atoms with Crippen molar-refractivity contribution in [2.75, 3.05) is 19.1 Å². The molecule has 4 aromatic rings. The standard InChI is InChI=1S/C27H23ClN2O5S2/c1-13(2)14-7-8-17-21(10-14)37-27(29-17)30-23(20-6-5-9-36-20)22(25(32)26(30)33)24(31)15-11-16(28)19(35-4)12-18(15)34-3/h5-13,23,31H,1-4H3/b24-22+. The van der Waals surface area contributed by atoms with Gasteiger partial charge in [0, 0.05) is 10.9 Å². The Morgan fingerprint density at radius 2 is 1.86 bits per heavy atom. The van der Waals surface area contributed by atoms with E-state index in [1.807, 2.05) is 29.6 Å². The third-order valence-electron chi connectivity index (χ3n) is 6.26. The molecule has 1 aliphatic heterocycles. The first-order valence-corrected chi connectivity index (χ1v) is 13.5. The van der Waals surface area contributed by atoms with Crippen LogP contribution in [-0.2, 0) is 9.59 Å². The molecule has 0 bridgehead atoms. The summed E-state index contributed by atoms with van der Waals surface area (Å²) in [6, 6.07) is 11.8. The lowest BCUT2D eigenvalue weighted by Crippen LogP contribution is -2.28. The predicted octanol–water partition coefficient (Wildman–Crippen LogP) is 6.78. The fraction of sp³-hybridized carbons (Fsp3) is 0.222. The van der Waals surface area contributed by atoms with Gasteiger partial charge in [-0.3, -0.25) is 14.5 Å². The zero-order valence-electron chi connectivity index (χ0n) is 20.4. The van der Waals surface area contributed by atoms with Gasteiger partial charge in [-0.05, 0) is 41.1 Å². The number of hydrogen-bond donors (Lipinski definition) is 1. The van der Waals surface area contributed by atoms with Crippen LogP contribution in [0.3, 0.4) is 0 Å². The number of anilines is 1. The van der Waals surface area contributed by atoms with E-state index in [2.05, 4.69) is 24.9 Å². The summed E-state index contributed by atoms with van der Waals surface area (Å²) in [5, 5.41) is 13.9. The minimum Gasteiger partial charge on any atom is -0.507 e. The number of thiophene rings is 1. The Balaban J connectivity index is 1.71. The molecule has 1 aliphatic rings. The Hall–Kier alpha value is -3.40. The van der Waals surface area contributed by atoms with Gasteiger partial charge in [0.25, 0.3) is 5.78 Å². The number of methoxy groups -OCH3 is 2. The molecule has 190 valence electrons. The number of thiazole rings is 1. The molecular weight excluding hydrogens is 532 g/mol. The van der Waals surface area contributed by atoms with Gasteiger partial charge in [-0.25, -0.2) is 4.98 Å². The van der Waals surface area contributed by atoms with E-state index in [4.69, 9.17) is 21.1 Å². The van der Waals surface area contributed by atoms with Crippen LogP contribution in [0, 0.1) is 0 Å². The van der Waals surface area contributed by atoms with Crippen molar-refractivity contribution in [1.29, 1.82) is 0 Å². The highest BCUT2D eigenvalue weighted by Crippen LogP contribution is 2.47. The fourth-order valence-electron chi connectivity index (χ4n) is 4.33. The van der Waals surface area contributed by atoms with Gasteiger partial charge in [-0.1, -0.05) is 48.9 Å². The Bertz CT molecular complexity index is 1560. The Labute approximate surface area is 226 Å². The van der Waals surface area contributed by atoms with E-state index in [-0.39, 0.29) is 27.7 Å². The van der Waals surface area contributed by atoms with Crippen molar-refractivity contribution in [3.63, 3.8) is 0 Å². The first-order valence-electron chi connectivity index (χ1n) is 11.4. The van der Waals surface area contributed by atoms with E-state index in [1.165, 1.54) is 53.9 Å². The van der Waals surface area contributed by atoms with E-state index in [0.717, 1.165) is 15.8 Å². The lowest BCUT2D eigenvalue weighted by atomic mass is 9.99. The average molecular weight is 555 g/mol. The number of halogens is 1. The maximum atomic E-state index is 13.5. The van der Waals surface area contributed by atoms with Gasteiger partial charge >= 0.3 is 5.91 Å². The van der Waals surface area contributed by atoms with E-state index < -0.39 is 17.7 Å². The molecule has 1 N–H and O–H groups in total. The van der Waals surface area contributed by atoms with E-state index in [0.29, 0.717) is 21.7 Å². The maximum Gasteiger partial charge on any atom is 0.301 e. The summed E-state index contributed by atoms with van der Waals surface area (Å²) < 4.78 is 11.6. The molecule has 7 nitrogen and oxygen atoms in total. The molecule has 0 radical (unpaired) electrons. The first kappa shape index (κ1) is 25.3. The van der Waals surface area contributed by atoms with Crippen LogP contribution in [0.2, 0.25) is 5.02 Å². The van der Waals surface area contributed by atoms with E-state index in [1.54, 1.807) is 0 Å². The van der Waals surface area contributed by atoms with Crippen LogP contribution in [0.1, 0.15) is 41.8 Å². The summed E-state index contributed by atoms with van der Waals surface area (Å²) in [6.07, 6.45) is 0. The number of ketones is 1. The highest BCUT2D eigenvalue weighted by molar-refractivity contribution is 7.22. The zero-order valence-corrected chi connectivity index (χ0v) is 22.8. The monoisotopic (exact) mass is 554 g/mol. The van der Waals surface area contributed by atoms with Gasteiger partial charge in [0.05, 0.1) is 40.6 Å². The van der Waals surface area contributed by atoms with Crippen molar-refractivity contribution in [2.24, 2.45) is 0 Å². The van der Waals surface area contributed by atoms with Crippen molar-refractivity contribution in [1.82, 2.24) is 4.98 Å². The highest BCUT2D eigenvalue weighted by Gasteiger charge is 2.49. The number of aromatic nitrogens is 1. The number of aliphatic hydroxyl groups excluding tert-OH is 1. The number of benzene rings is 2. The number of nitrogens with zero attached hydrogens (tertiary/aromatic N) is 2. The zero-order chi connectivity index (χ0) is 26.4. The Kier molecular flexibility index (Phi) is 6.70. The van der Waals surface area contributed by atoms with Crippen molar-refractivity contribution in [2.45, 2.75) is 25.8 Å². The third kappa shape index (κ3) is 4.27. The number of ether oxygens (including phenoxy) is 2. The Morgan fingerprint density at radius 1 is 1.11 bits per heavy atom. The molecule has 1 saturated heterocycles. The largest absolute Gasteiger partial charge is 0.507 e. The van der Waals surface area contributed by atoms with Gasteiger partial charge in [0.15, 0.2) is 5.13 Å².